The van der Waals surface area contributed by atoms with E-state index in [0.717, 1.165) is 4.88 Å². The molecule has 2 N–H and O–H groups in total. The molecule has 3 rings (SSSR count). The highest BCUT2D eigenvalue weighted by Crippen LogP contribution is 2.19. The van der Waals surface area contributed by atoms with Crippen molar-refractivity contribution in [3.8, 4) is 5.75 Å². The molecule has 0 aliphatic rings. The van der Waals surface area contributed by atoms with Gasteiger partial charge in [-0.1, -0.05) is 30.3 Å². The first-order valence-corrected chi connectivity index (χ1v) is 9.69. The summed E-state index contributed by atoms with van der Waals surface area (Å²) in [7, 11) is 0. The van der Waals surface area contributed by atoms with Crippen LogP contribution in [0.2, 0.25) is 0 Å². The number of amides is 2. The summed E-state index contributed by atoms with van der Waals surface area (Å²) in [6.45, 7) is 2.43. The minimum Gasteiger partial charge on any atom is -0.494 e. The van der Waals surface area contributed by atoms with Crippen LogP contribution >= 0.6 is 11.3 Å². The fourth-order valence-corrected chi connectivity index (χ4v) is 3.14. The summed E-state index contributed by atoms with van der Waals surface area (Å²) in [6.07, 6.45) is 1.66. The number of nitrogens with one attached hydrogen (secondary N) is 2. The van der Waals surface area contributed by atoms with Crippen molar-refractivity contribution in [1.82, 2.24) is 5.32 Å². The summed E-state index contributed by atoms with van der Waals surface area (Å²) in [5, 5.41) is 7.44. The van der Waals surface area contributed by atoms with Gasteiger partial charge in [0.15, 0.2) is 0 Å². The molecular weight excluding hydrogens is 372 g/mol. The fourth-order valence-electron chi connectivity index (χ4n) is 2.49. The van der Waals surface area contributed by atoms with Gasteiger partial charge in [-0.25, -0.2) is 0 Å². The second-order valence-electron chi connectivity index (χ2n) is 5.81. The minimum absolute atomic E-state index is 0.165. The minimum atomic E-state index is -0.411. The van der Waals surface area contributed by atoms with E-state index < -0.39 is 5.91 Å². The van der Waals surface area contributed by atoms with Gasteiger partial charge < -0.3 is 15.4 Å². The van der Waals surface area contributed by atoms with Crippen molar-refractivity contribution in [3.63, 3.8) is 0 Å². The third kappa shape index (κ3) is 5.31. The van der Waals surface area contributed by atoms with Crippen molar-refractivity contribution in [2.75, 3.05) is 11.9 Å². The molecule has 5 nitrogen and oxygen atoms in total. The Balaban J connectivity index is 1.81. The lowest BCUT2D eigenvalue weighted by molar-refractivity contribution is -0.113. The maximum Gasteiger partial charge on any atom is 0.272 e. The van der Waals surface area contributed by atoms with Gasteiger partial charge in [0.25, 0.3) is 11.8 Å². The first kappa shape index (κ1) is 19.4. The van der Waals surface area contributed by atoms with E-state index in [2.05, 4.69) is 10.6 Å². The predicted octanol–water partition coefficient (Wildman–Crippen LogP) is 4.56. The van der Waals surface area contributed by atoms with Gasteiger partial charge in [0, 0.05) is 22.2 Å². The molecular formula is C22H20N2O3S. The third-order valence-electron chi connectivity index (χ3n) is 3.76. The molecule has 3 aromatic rings. The van der Waals surface area contributed by atoms with Crippen LogP contribution in [-0.4, -0.2) is 18.4 Å². The molecule has 0 aliphatic heterocycles. The highest BCUT2D eigenvalue weighted by Gasteiger charge is 2.15. The number of thiophene rings is 1. The largest absolute Gasteiger partial charge is 0.494 e. The molecule has 0 unspecified atom stereocenters. The monoisotopic (exact) mass is 392 g/mol. The van der Waals surface area contributed by atoms with Gasteiger partial charge in [-0.2, -0.15) is 0 Å². The van der Waals surface area contributed by atoms with Crippen LogP contribution in [0.15, 0.2) is 77.8 Å². The van der Waals surface area contributed by atoms with Crippen LogP contribution in [0, 0.1) is 0 Å². The number of ether oxygens (including phenoxy) is 1. The van der Waals surface area contributed by atoms with Gasteiger partial charge in [-0.05, 0) is 48.7 Å². The van der Waals surface area contributed by atoms with Crippen LogP contribution in [0.4, 0.5) is 5.69 Å². The lowest BCUT2D eigenvalue weighted by atomic mass is 10.2. The Kier molecular flexibility index (Phi) is 6.59. The Morgan fingerprint density at radius 1 is 1.04 bits per heavy atom. The first-order valence-electron chi connectivity index (χ1n) is 8.81. The van der Waals surface area contributed by atoms with Crippen LogP contribution in [-0.2, 0) is 4.79 Å². The molecule has 6 heteroatoms. The molecule has 0 atom stereocenters. The molecule has 1 aromatic heterocycles. The van der Waals surface area contributed by atoms with Gasteiger partial charge >= 0.3 is 0 Å². The second kappa shape index (κ2) is 9.53. The van der Waals surface area contributed by atoms with E-state index in [1.54, 1.807) is 48.5 Å². The zero-order valence-corrected chi connectivity index (χ0v) is 16.2. The molecule has 2 amide bonds. The van der Waals surface area contributed by atoms with Gasteiger partial charge in [0.2, 0.25) is 0 Å². The molecule has 0 spiro atoms. The smallest absolute Gasteiger partial charge is 0.272 e. The summed E-state index contributed by atoms with van der Waals surface area (Å²) < 4.78 is 5.46. The van der Waals surface area contributed by atoms with E-state index in [-0.39, 0.29) is 11.6 Å². The van der Waals surface area contributed by atoms with E-state index in [1.165, 1.54) is 11.3 Å². The Morgan fingerprint density at radius 3 is 2.57 bits per heavy atom. The van der Waals surface area contributed by atoms with Crippen molar-refractivity contribution in [2.24, 2.45) is 0 Å². The Hall–Kier alpha value is -3.38. The summed E-state index contributed by atoms with van der Waals surface area (Å²) >= 11 is 1.48. The SMILES string of the molecule is CCOc1cccc(NC(=O)/C(=C/c2cccs2)NC(=O)c2ccccc2)c1. The maximum absolute atomic E-state index is 12.8. The summed E-state index contributed by atoms with van der Waals surface area (Å²) in [6, 6.07) is 19.7. The quantitative estimate of drug-likeness (QED) is 0.580. The van der Waals surface area contributed by atoms with Crippen LogP contribution in [0.1, 0.15) is 22.2 Å². The van der Waals surface area contributed by atoms with Crippen molar-refractivity contribution in [3.05, 3.63) is 88.2 Å². The summed E-state index contributed by atoms with van der Waals surface area (Å²) in [5.74, 6) is -0.0923. The topological polar surface area (TPSA) is 67.4 Å². The molecule has 0 fully saturated rings. The summed E-state index contributed by atoms with van der Waals surface area (Å²) in [4.78, 5) is 26.2. The fraction of sp³-hybridized carbons (Fsp3) is 0.0909. The number of rotatable bonds is 7. The normalized spacial score (nSPS) is 11.0. The zero-order chi connectivity index (χ0) is 19.8. The molecule has 0 aliphatic carbocycles. The van der Waals surface area contributed by atoms with Crippen LogP contribution in [0.5, 0.6) is 5.75 Å². The second-order valence-corrected chi connectivity index (χ2v) is 6.79. The number of benzene rings is 2. The Bertz CT molecular complexity index is 966. The van der Waals surface area contributed by atoms with E-state index in [4.69, 9.17) is 4.74 Å². The van der Waals surface area contributed by atoms with E-state index in [9.17, 15) is 9.59 Å². The molecule has 0 saturated heterocycles. The molecule has 0 saturated carbocycles. The van der Waals surface area contributed by atoms with Crippen molar-refractivity contribution in [2.45, 2.75) is 6.92 Å². The van der Waals surface area contributed by atoms with Crippen LogP contribution in [0.25, 0.3) is 6.08 Å². The number of anilines is 1. The number of carbonyl (C=O) groups excluding carboxylic acids is 2. The first-order chi connectivity index (χ1) is 13.7. The molecule has 0 radical (unpaired) electrons. The number of carbonyl (C=O) groups is 2. The Morgan fingerprint density at radius 2 is 1.86 bits per heavy atom. The van der Waals surface area contributed by atoms with Crippen molar-refractivity contribution < 1.29 is 14.3 Å². The lowest BCUT2D eigenvalue weighted by Gasteiger charge is -2.12. The van der Waals surface area contributed by atoms with Gasteiger partial charge in [-0.15, -0.1) is 11.3 Å². The zero-order valence-electron chi connectivity index (χ0n) is 15.3. The third-order valence-corrected chi connectivity index (χ3v) is 4.58. The standard InChI is InChI=1S/C22H20N2O3S/c1-2-27-18-11-6-10-17(14-18)23-22(26)20(15-19-12-7-13-28-19)24-21(25)16-8-4-3-5-9-16/h3-15H,2H2,1H3,(H,23,26)(H,24,25)/b20-15-. The van der Waals surface area contributed by atoms with Crippen molar-refractivity contribution >= 4 is 34.9 Å². The van der Waals surface area contributed by atoms with E-state index >= 15 is 0 Å². The van der Waals surface area contributed by atoms with E-state index in [0.29, 0.717) is 23.6 Å². The summed E-state index contributed by atoms with van der Waals surface area (Å²) in [5.41, 5.74) is 1.23. The van der Waals surface area contributed by atoms with E-state index in [1.807, 2.05) is 36.6 Å². The molecule has 1 heterocycles. The molecule has 2 aromatic carbocycles. The van der Waals surface area contributed by atoms with Crippen molar-refractivity contribution in [1.29, 1.82) is 0 Å². The van der Waals surface area contributed by atoms with Crippen LogP contribution < -0.4 is 15.4 Å². The number of hydrogen-bond acceptors (Lipinski definition) is 4. The van der Waals surface area contributed by atoms with Crippen LogP contribution in [0.3, 0.4) is 0 Å². The highest BCUT2D eigenvalue weighted by atomic mass is 32.1. The predicted molar refractivity (Wildman–Crippen MR) is 112 cm³/mol. The highest BCUT2D eigenvalue weighted by molar-refractivity contribution is 7.10. The molecule has 142 valence electrons. The average molecular weight is 392 g/mol. The molecule has 0 bridgehead atoms. The van der Waals surface area contributed by atoms with Gasteiger partial charge in [0.05, 0.1) is 6.61 Å². The molecule has 28 heavy (non-hydrogen) atoms. The van der Waals surface area contributed by atoms with Gasteiger partial charge in [-0.3, -0.25) is 9.59 Å². The Labute approximate surface area is 167 Å². The maximum atomic E-state index is 12.8. The lowest BCUT2D eigenvalue weighted by Crippen LogP contribution is -2.30. The average Bonchev–Trinajstić information content (AvgIpc) is 3.22. The van der Waals surface area contributed by atoms with Gasteiger partial charge in [0.1, 0.15) is 11.4 Å². The number of hydrogen-bond donors (Lipinski definition) is 2.